The van der Waals surface area contributed by atoms with Gasteiger partial charge in [0, 0.05) is 17.6 Å². The molecule has 0 saturated heterocycles. The molecule has 8 heteroatoms. The lowest BCUT2D eigenvalue weighted by Crippen LogP contribution is -2.26. The Labute approximate surface area is 149 Å². The summed E-state index contributed by atoms with van der Waals surface area (Å²) in [5, 5.41) is 13.9. The van der Waals surface area contributed by atoms with Crippen molar-refractivity contribution < 1.29 is 19.2 Å². The monoisotopic (exact) mass is 364 g/mol. The first-order chi connectivity index (χ1) is 12.0. The number of carbonyl (C=O) groups is 1. The summed E-state index contributed by atoms with van der Waals surface area (Å²) in [6.07, 6.45) is 0.480. The molecule has 0 spiro atoms. The van der Waals surface area contributed by atoms with E-state index < -0.39 is 10.8 Å². The molecule has 2 aromatic rings. The lowest BCUT2D eigenvalue weighted by atomic mass is 10.1. The van der Waals surface area contributed by atoms with Crippen LogP contribution in [0.15, 0.2) is 36.4 Å². The molecule has 25 heavy (non-hydrogen) atoms. The molecule has 0 aliphatic carbocycles. The number of nitro groups is 1. The van der Waals surface area contributed by atoms with Gasteiger partial charge >= 0.3 is 0 Å². The minimum atomic E-state index is -0.633. The van der Waals surface area contributed by atoms with Gasteiger partial charge in [0.1, 0.15) is 17.1 Å². The molecule has 0 aliphatic rings. The van der Waals surface area contributed by atoms with Crippen LogP contribution in [0.2, 0.25) is 5.02 Å². The molecule has 0 radical (unpaired) electrons. The van der Waals surface area contributed by atoms with Crippen molar-refractivity contribution in [2.24, 2.45) is 0 Å². The van der Waals surface area contributed by atoms with Gasteiger partial charge in [-0.15, -0.1) is 0 Å². The number of nitrogens with one attached hydrogen (secondary N) is 1. The molecule has 2 aromatic carbocycles. The number of nitrogens with zero attached hydrogens (tertiary/aromatic N) is 1. The van der Waals surface area contributed by atoms with E-state index in [1.807, 2.05) is 6.07 Å². The molecule has 0 saturated carbocycles. The van der Waals surface area contributed by atoms with Gasteiger partial charge in [-0.1, -0.05) is 11.6 Å². The average molecular weight is 365 g/mol. The number of hydrogen-bond donors (Lipinski definition) is 1. The van der Waals surface area contributed by atoms with Gasteiger partial charge in [-0.05, 0) is 42.3 Å². The third-order valence-corrected chi connectivity index (χ3v) is 3.80. The predicted molar refractivity (Wildman–Crippen MR) is 93.7 cm³/mol. The number of rotatable bonds is 7. The van der Waals surface area contributed by atoms with Crippen molar-refractivity contribution in [2.75, 3.05) is 20.8 Å². The van der Waals surface area contributed by atoms with Crippen LogP contribution < -0.4 is 14.8 Å². The Kier molecular flexibility index (Phi) is 6.19. The van der Waals surface area contributed by atoms with Crippen LogP contribution in [0, 0.1) is 10.1 Å². The van der Waals surface area contributed by atoms with Gasteiger partial charge in [0.2, 0.25) is 0 Å². The molecule has 132 valence electrons. The van der Waals surface area contributed by atoms with E-state index in [-0.39, 0.29) is 22.8 Å². The molecular weight excluding hydrogens is 348 g/mol. The molecule has 7 nitrogen and oxygen atoms in total. The zero-order valence-corrected chi connectivity index (χ0v) is 14.5. The maximum atomic E-state index is 12.2. The highest BCUT2D eigenvalue weighted by Crippen LogP contribution is 2.25. The van der Waals surface area contributed by atoms with E-state index in [2.05, 4.69) is 5.32 Å². The molecule has 0 unspecified atom stereocenters. The van der Waals surface area contributed by atoms with Crippen molar-refractivity contribution >= 4 is 23.2 Å². The standard InChI is InChI=1S/C17H17ClN2O5/c1-24-13-4-6-16(25-2)11(9-13)7-8-19-17(21)14-5-3-12(18)10-15(14)20(22)23/h3-6,9-10H,7-8H2,1-2H3,(H,19,21). The molecule has 0 atom stereocenters. The van der Waals surface area contributed by atoms with Crippen LogP contribution in [0.4, 0.5) is 5.69 Å². The first-order valence-corrected chi connectivity index (χ1v) is 7.77. The summed E-state index contributed by atoms with van der Waals surface area (Å²) in [6.45, 7) is 0.280. The van der Waals surface area contributed by atoms with E-state index in [1.54, 1.807) is 26.4 Å². The number of nitro benzene ring substituents is 1. The highest BCUT2D eigenvalue weighted by Gasteiger charge is 2.20. The Morgan fingerprint density at radius 2 is 1.96 bits per heavy atom. The molecule has 1 amide bonds. The molecule has 0 bridgehead atoms. The SMILES string of the molecule is COc1ccc(OC)c(CCNC(=O)c2ccc(Cl)cc2[N+](=O)[O-])c1. The van der Waals surface area contributed by atoms with Crippen LogP contribution in [0.5, 0.6) is 11.5 Å². The van der Waals surface area contributed by atoms with Crippen LogP contribution >= 0.6 is 11.6 Å². The second kappa shape index (κ2) is 8.34. The molecular formula is C17H17ClN2O5. The Morgan fingerprint density at radius 3 is 2.60 bits per heavy atom. The number of amides is 1. The predicted octanol–water partition coefficient (Wildman–Crippen LogP) is 3.24. The van der Waals surface area contributed by atoms with Gasteiger partial charge in [0.25, 0.3) is 11.6 Å². The van der Waals surface area contributed by atoms with E-state index in [9.17, 15) is 14.9 Å². The minimum absolute atomic E-state index is 0.0352. The number of ether oxygens (including phenoxy) is 2. The van der Waals surface area contributed by atoms with Crippen molar-refractivity contribution in [2.45, 2.75) is 6.42 Å². The lowest BCUT2D eigenvalue weighted by Gasteiger charge is -2.11. The Hall–Kier alpha value is -2.80. The summed E-state index contributed by atoms with van der Waals surface area (Å²) in [4.78, 5) is 22.7. The quantitative estimate of drug-likeness (QED) is 0.601. The van der Waals surface area contributed by atoms with Crippen LogP contribution in [-0.2, 0) is 6.42 Å². The Morgan fingerprint density at radius 1 is 1.20 bits per heavy atom. The molecule has 0 heterocycles. The summed E-state index contributed by atoms with van der Waals surface area (Å²) in [5.74, 6) is 0.813. The van der Waals surface area contributed by atoms with Gasteiger partial charge < -0.3 is 14.8 Å². The maximum Gasteiger partial charge on any atom is 0.283 e. The smallest absolute Gasteiger partial charge is 0.283 e. The van der Waals surface area contributed by atoms with E-state index >= 15 is 0 Å². The van der Waals surface area contributed by atoms with Crippen LogP contribution in [0.25, 0.3) is 0 Å². The normalized spacial score (nSPS) is 10.2. The minimum Gasteiger partial charge on any atom is -0.497 e. The van der Waals surface area contributed by atoms with Crippen LogP contribution in [0.1, 0.15) is 15.9 Å². The van der Waals surface area contributed by atoms with E-state index in [0.29, 0.717) is 17.9 Å². The largest absolute Gasteiger partial charge is 0.497 e. The average Bonchev–Trinajstić information content (AvgIpc) is 2.61. The van der Waals surface area contributed by atoms with E-state index in [4.69, 9.17) is 21.1 Å². The van der Waals surface area contributed by atoms with Gasteiger partial charge in [0.05, 0.1) is 19.1 Å². The summed E-state index contributed by atoms with van der Waals surface area (Å²) >= 11 is 5.75. The fourth-order valence-electron chi connectivity index (χ4n) is 2.33. The zero-order valence-electron chi connectivity index (χ0n) is 13.7. The van der Waals surface area contributed by atoms with Crippen molar-refractivity contribution in [1.29, 1.82) is 0 Å². The third-order valence-electron chi connectivity index (χ3n) is 3.57. The number of benzene rings is 2. The van der Waals surface area contributed by atoms with Crippen molar-refractivity contribution in [1.82, 2.24) is 5.32 Å². The summed E-state index contributed by atoms with van der Waals surface area (Å²) in [6, 6.07) is 9.30. The number of halogens is 1. The topological polar surface area (TPSA) is 90.7 Å². The number of hydrogen-bond acceptors (Lipinski definition) is 5. The van der Waals surface area contributed by atoms with E-state index in [1.165, 1.54) is 12.1 Å². The Bertz CT molecular complexity index is 795. The fourth-order valence-corrected chi connectivity index (χ4v) is 2.50. The van der Waals surface area contributed by atoms with E-state index in [0.717, 1.165) is 11.6 Å². The maximum absolute atomic E-state index is 12.2. The first kappa shape index (κ1) is 18.5. The summed E-state index contributed by atoms with van der Waals surface area (Å²) in [5.41, 5.74) is 0.490. The summed E-state index contributed by atoms with van der Waals surface area (Å²) in [7, 11) is 3.12. The van der Waals surface area contributed by atoms with Crippen molar-refractivity contribution in [3.8, 4) is 11.5 Å². The highest BCUT2D eigenvalue weighted by molar-refractivity contribution is 6.31. The van der Waals surface area contributed by atoms with Gasteiger partial charge in [-0.25, -0.2) is 0 Å². The molecule has 1 N–H and O–H groups in total. The van der Waals surface area contributed by atoms with Crippen molar-refractivity contribution in [3.05, 3.63) is 62.7 Å². The highest BCUT2D eigenvalue weighted by atomic mass is 35.5. The molecule has 0 aromatic heterocycles. The van der Waals surface area contributed by atoms with Crippen LogP contribution in [-0.4, -0.2) is 31.6 Å². The van der Waals surface area contributed by atoms with Crippen LogP contribution in [0.3, 0.4) is 0 Å². The van der Waals surface area contributed by atoms with Gasteiger partial charge in [-0.2, -0.15) is 0 Å². The lowest BCUT2D eigenvalue weighted by molar-refractivity contribution is -0.385. The summed E-state index contributed by atoms with van der Waals surface area (Å²) < 4.78 is 10.5. The molecule has 0 aliphatic heterocycles. The van der Waals surface area contributed by atoms with Gasteiger partial charge in [0.15, 0.2) is 0 Å². The second-order valence-electron chi connectivity index (χ2n) is 5.10. The van der Waals surface area contributed by atoms with Crippen molar-refractivity contribution in [3.63, 3.8) is 0 Å². The van der Waals surface area contributed by atoms with Gasteiger partial charge in [-0.3, -0.25) is 14.9 Å². The number of carbonyl (C=O) groups excluding carboxylic acids is 1. The fraction of sp³-hybridized carbons (Fsp3) is 0.235. The number of methoxy groups -OCH3 is 2. The first-order valence-electron chi connectivity index (χ1n) is 7.39. The zero-order chi connectivity index (χ0) is 18.4. The third kappa shape index (κ3) is 4.60. The molecule has 2 rings (SSSR count). The second-order valence-corrected chi connectivity index (χ2v) is 5.54. The molecule has 0 fully saturated rings. The Balaban J connectivity index is 2.08.